The van der Waals surface area contributed by atoms with Crippen molar-refractivity contribution < 1.29 is 0 Å². The summed E-state index contributed by atoms with van der Waals surface area (Å²) >= 11 is 3.56. The number of hydrogen-bond acceptors (Lipinski definition) is 1. The molecule has 0 fully saturated rings. The average Bonchev–Trinajstić information content (AvgIpc) is 2.41. The van der Waals surface area contributed by atoms with E-state index in [1.807, 2.05) is 43.3 Å². The maximum atomic E-state index is 9.39. The molecule has 0 aliphatic carbocycles. The minimum absolute atomic E-state index is 0.0184. The van der Waals surface area contributed by atoms with Crippen LogP contribution in [0.15, 0.2) is 60.7 Å². The molecule has 2 aromatic carbocycles. The van der Waals surface area contributed by atoms with Crippen LogP contribution in [0, 0.1) is 11.3 Å². The van der Waals surface area contributed by atoms with Crippen molar-refractivity contribution in [1.29, 1.82) is 5.26 Å². The second-order valence-corrected chi connectivity index (χ2v) is 6.09. The molecule has 0 saturated heterocycles. The van der Waals surface area contributed by atoms with Gasteiger partial charge in [0.25, 0.3) is 0 Å². The van der Waals surface area contributed by atoms with Crippen molar-refractivity contribution in [3.05, 3.63) is 71.8 Å². The van der Waals surface area contributed by atoms with E-state index in [0.29, 0.717) is 0 Å². The fourth-order valence-electron chi connectivity index (χ4n) is 2.17. The van der Waals surface area contributed by atoms with Gasteiger partial charge < -0.3 is 0 Å². The number of nitriles is 1. The molecule has 1 nitrogen and oxygen atoms in total. The van der Waals surface area contributed by atoms with Crippen LogP contribution in [0.25, 0.3) is 0 Å². The molecule has 0 radical (unpaired) electrons. The standard InChI is InChI=1S/C16H14BrN/c1-16(17,12-18)15(13-8-4-2-5-9-13)14-10-6-3-7-11-14/h2-11,15H,1H3. The van der Waals surface area contributed by atoms with Crippen LogP contribution < -0.4 is 0 Å². The van der Waals surface area contributed by atoms with Crippen molar-refractivity contribution in [1.82, 2.24) is 0 Å². The van der Waals surface area contributed by atoms with Crippen molar-refractivity contribution in [2.24, 2.45) is 0 Å². The Bertz CT molecular complexity index is 501. The van der Waals surface area contributed by atoms with Crippen molar-refractivity contribution >= 4 is 15.9 Å². The van der Waals surface area contributed by atoms with E-state index in [1.165, 1.54) is 0 Å². The Balaban J connectivity index is 2.53. The molecule has 2 aromatic rings. The topological polar surface area (TPSA) is 23.8 Å². The van der Waals surface area contributed by atoms with Gasteiger partial charge in [-0.2, -0.15) is 5.26 Å². The van der Waals surface area contributed by atoms with E-state index in [0.717, 1.165) is 11.1 Å². The van der Waals surface area contributed by atoms with Crippen LogP contribution in [-0.4, -0.2) is 4.32 Å². The van der Waals surface area contributed by atoms with E-state index in [1.54, 1.807) is 0 Å². The SMILES string of the molecule is CC(Br)(C#N)C(c1ccccc1)c1ccccc1. The quantitative estimate of drug-likeness (QED) is 0.766. The molecule has 0 N–H and O–H groups in total. The van der Waals surface area contributed by atoms with E-state index < -0.39 is 4.32 Å². The maximum Gasteiger partial charge on any atom is 0.120 e. The first-order chi connectivity index (χ1) is 8.65. The molecule has 1 unspecified atom stereocenters. The van der Waals surface area contributed by atoms with Gasteiger partial charge >= 0.3 is 0 Å². The van der Waals surface area contributed by atoms with E-state index >= 15 is 0 Å². The lowest BCUT2D eigenvalue weighted by Crippen LogP contribution is -2.25. The van der Waals surface area contributed by atoms with Crippen molar-refractivity contribution in [2.45, 2.75) is 17.2 Å². The molecule has 0 spiro atoms. The zero-order valence-corrected chi connectivity index (χ0v) is 11.8. The van der Waals surface area contributed by atoms with E-state index in [-0.39, 0.29) is 5.92 Å². The van der Waals surface area contributed by atoms with Gasteiger partial charge in [0.05, 0.1) is 6.07 Å². The Morgan fingerprint density at radius 3 is 1.67 bits per heavy atom. The van der Waals surface area contributed by atoms with Crippen LogP contribution in [0.3, 0.4) is 0 Å². The third kappa shape index (κ3) is 2.63. The lowest BCUT2D eigenvalue weighted by Gasteiger charge is -2.27. The average molecular weight is 300 g/mol. The van der Waals surface area contributed by atoms with Gasteiger partial charge in [-0.3, -0.25) is 0 Å². The first kappa shape index (κ1) is 12.9. The van der Waals surface area contributed by atoms with Crippen molar-refractivity contribution in [3.63, 3.8) is 0 Å². The van der Waals surface area contributed by atoms with Crippen molar-refractivity contribution in [3.8, 4) is 6.07 Å². The Kier molecular flexibility index (Phi) is 3.84. The molecule has 0 aliphatic heterocycles. The van der Waals surface area contributed by atoms with Crippen LogP contribution in [-0.2, 0) is 0 Å². The Hall–Kier alpha value is -1.59. The predicted molar refractivity (Wildman–Crippen MR) is 77.7 cm³/mol. The lowest BCUT2D eigenvalue weighted by molar-refractivity contribution is 0.699. The molecule has 18 heavy (non-hydrogen) atoms. The minimum Gasteiger partial charge on any atom is -0.197 e. The van der Waals surface area contributed by atoms with Crippen LogP contribution in [0.4, 0.5) is 0 Å². The molecule has 1 atom stereocenters. The number of rotatable bonds is 3. The van der Waals surface area contributed by atoms with Gasteiger partial charge in [0.15, 0.2) is 0 Å². The second-order valence-electron chi connectivity index (χ2n) is 4.44. The van der Waals surface area contributed by atoms with Gasteiger partial charge in [-0.1, -0.05) is 76.6 Å². The van der Waals surface area contributed by atoms with Gasteiger partial charge in [-0.15, -0.1) is 0 Å². The molecular formula is C16H14BrN. The molecule has 0 aliphatic rings. The summed E-state index contributed by atoms with van der Waals surface area (Å²) in [5, 5.41) is 9.39. The monoisotopic (exact) mass is 299 g/mol. The van der Waals surface area contributed by atoms with Crippen LogP contribution >= 0.6 is 15.9 Å². The first-order valence-corrected chi connectivity index (χ1v) is 6.64. The molecule has 2 heteroatoms. The molecule has 0 amide bonds. The fourth-order valence-corrected chi connectivity index (χ4v) is 2.70. The van der Waals surface area contributed by atoms with E-state index in [9.17, 15) is 5.26 Å². The van der Waals surface area contributed by atoms with Crippen LogP contribution in [0.5, 0.6) is 0 Å². The number of hydrogen-bond donors (Lipinski definition) is 0. The minimum atomic E-state index is -0.615. The largest absolute Gasteiger partial charge is 0.197 e. The summed E-state index contributed by atoms with van der Waals surface area (Å²) in [5.41, 5.74) is 2.29. The van der Waals surface area contributed by atoms with E-state index in [4.69, 9.17) is 0 Å². The fraction of sp³-hybridized carbons (Fsp3) is 0.188. The van der Waals surface area contributed by atoms with Gasteiger partial charge in [0.1, 0.15) is 4.32 Å². The van der Waals surface area contributed by atoms with Gasteiger partial charge in [0.2, 0.25) is 0 Å². The normalized spacial score (nSPS) is 13.9. The number of nitrogens with zero attached hydrogens (tertiary/aromatic N) is 1. The molecule has 90 valence electrons. The van der Waals surface area contributed by atoms with Crippen LogP contribution in [0.1, 0.15) is 24.0 Å². The summed E-state index contributed by atoms with van der Waals surface area (Å²) in [6, 6.07) is 22.6. The van der Waals surface area contributed by atoms with Gasteiger partial charge in [0, 0.05) is 5.92 Å². The van der Waals surface area contributed by atoms with Gasteiger partial charge in [-0.05, 0) is 18.1 Å². The third-order valence-corrected chi connectivity index (χ3v) is 3.66. The highest BCUT2D eigenvalue weighted by atomic mass is 79.9. The van der Waals surface area contributed by atoms with Gasteiger partial charge in [-0.25, -0.2) is 0 Å². The molecule has 2 rings (SSSR count). The van der Waals surface area contributed by atoms with Crippen LogP contribution in [0.2, 0.25) is 0 Å². The summed E-state index contributed by atoms with van der Waals surface area (Å²) in [7, 11) is 0. The summed E-state index contributed by atoms with van der Waals surface area (Å²) in [4.78, 5) is 0. The Morgan fingerprint density at radius 1 is 0.944 bits per heavy atom. The summed E-state index contributed by atoms with van der Waals surface area (Å²) in [6.07, 6.45) is 0. The highest BCUT2D eigenvalue weighted by Crippen LogP contribution is 2.40. The first-order valence-electron chi connectivity index (χ1n) is 5.85. The number of benzene rings is 2. The number of halogens is 1. The number of alkyl halides is 1. The Labute approximate surface area is 116 Å². The molecule has 0 aromatic heterocycles. The molecule has 0 saturated carbocycles. The lowest BCUT2D eigenvalue weighted by atomic mass is 9.82. The molecule has 0 heterocycles. The van der Waals surface area contributed by atoms with Crippen molar-refractivity contribution in [2.75, 3.05) is 0 Å². The molecular weight excluding hydrogens is 286 g/mol. The smallest absolute Gasteiger partial charge is 0.120 e. The molecule has 0 bridgehead atoms. The zero-order valence-electron chi connectivity index (χ0n) is 10.2. The summed E-state index contributed by atoms with van der Waals surface area (Å²) < 4.78 is -0.615. The third-order valence-electron chi connectivity index (χ3n) is 3.03. The Morgan fingerprint density at radius 2 is 1.33 bits per heavy atom. The highest BCUT2D eigenvalue weighted by molar-refractivity contribution is 9.10. The summed E-state index contributed by atoms with van der Waals surface area (Å²) in [5.74, 6) is 0.0184. The summed E-state index contributed by atoms with van der Waals surface area (Å²) in [6.45, 7) is 1.91. The predicted octanol–water partition coefficient (Wildman–Crippen LogP) is 4.50. The second kappa shape index (κ2) is 5.37. The highest BCUT2D eigenvalue weighted by Gasteiger charge is 2.33. The van der Waals surface area contributed by atoms with E-state index in [2.05, 4.69) is 46.3 Å². The maximum absolute atomic E-state index is 9.39. The zero-order chi connectivity index (χ0) is 13.0.